The van der Waals surface area contributed by atoms with Gasteiger partial charge in [0, 0.05) is 11.3 Å². The lowest BCUT2D eigenvalue weighted by molar-refractivity contribution is 0.0722. The van der Waals surface area contributed by atoms with E-state index in [0.29, 0.717) is 27.7 Å². The zero-order valence-electron chi connectivity index (χ0n) is 16.6. The van der Waals surface area contributed by atoms with Crippen molar-refractivity contribution >= 4 is 22.8 Å². The third kappa shape index (κ3) is 3.75. The number of para-hydroxylation sites is 2. The third-order valence-electron chi connectivity index (χ3n) is 4.94. The Bertz CT molecular complexity index is 1360. The van der Waals surface area contributed by atoms with Crippen LogP contribution in [0.15, 0.2) is 84.0 Å². The molecule has 5 aromatic rings. The van der Waals surface area contributed by atoms with Crippen LogP contribution >= 0.6 is 11.8 Å². The summed E-state index contributed by atoms with van der Waals surface area (Å²) in [4.78, 5) is 4.38. The summed E-state index contributed by atoms with van der Waals surface area (Å²) in [6.07, 6.45) is 0. The first-order valence-corrected chi connectivity index (χ1v) is 10.7. The Morgan fingerprint density at radius 2 is 1.56 bits per heavy atom. The molecule has 0 unspecified atom stereocenters. The first-order chi connectivity index (χ1) is 15.6. The van der Waals surface area contributed by atoms with E-state index in [4.69, 9.17) is 0 Å². The largest absolute Gasteiger partial charge is 0.320 e. The number of imidazole rings is 1. The van der Waals surface area contributed by atoms with Crippen LogP contribution in [0.4, 0.5) is 13.2 Å². The van der Waals surface area contributed by atoms with Crippen LogP contribution in [0.1, 0.15) is 12.4 Å². The molecule has 5 nitrogen and oxygen atoms in total. The van der Waals surface area contributed by atoms with Crippen LogP contribution in [-0.4, -0.2) is 24.3 Å². The van der Waals surface area contributed by atoms with Gasteiger partial charge in [-0.2, -0.15) is 8.78 Å². The fourth-order valence-corrected chi connectivity index (χ4v) is 4.38. The fourth-order valence-electron chi connectivity index (χ4n) is 3.50. The van der Waals surface area contributed by atoms with Crippen molar-refractivity contribution in [2.24, 2.45) is 0 Å². The van der Waals surface area contributed by atoms with E-state index in [9.17, 15) is 13.2 Å². The van der Waals surface area contributed by atoms with Gasteiger partial charge in [0.25, 0.3) is 0 Å². The van der Waals surface area contributed by atoms with Crippen molar-refractivity contribution in [2.45, 2.75) is 17.5 Å². The zero-order valence-corrected chi connectivity index (χ0v) is 17.4. The van der Waals surface area contributed by atoms with Crippen LogP contribution in [0.2, 0.25) is 0 Å². The second-order valence-corrected chi connectivity index (χ2v) is 7.88. The number of hydrogen-bond donors (Lipinski definition) is 0. The van der Waals surface area contributed by atoms with Crippen molar-refractivity contribution in [3.63, 3.8) is 0 Å². The summed E-state index contributed by atoms with van der Waals surface area (Å²) in [5.41, 5.74) is 2.38. The molecular formula is C23H16F3N5S. The van der Waals surface area contributed by atoms with Gasteiger partial charge >= 0.3 is 6.55 Å². The second-order valence-electron chi connectivity index (χ2n) is 6.94. The molecule has 0 N–H and O–H groups in total. The molecule has 9 heteroatoms. The van der Waals surface area contributed by atoms with E-state index in [-0.39, 0.29) is 17.4 Å². The van der Waals surface area contributed by atoms with Crippen molar-refractivity contribution in [3.8, 4) is 17.1 Å². The van der Waals surface area contributed by atoms with Gasteiger partial charge in [0.2, 0.25) is 0 Å². The Kier molecular flexibility index (Phi) is 5.40. The average Bonchev–Trinajstić information content (AvgIpc) is 3.40. The Balaban J connectivity index is 1.55. The number of fused-ring (bicyclic) bond motifs is 1. The molecule has 0 bridgehead atoms. The number of aromatic nitrogens is 5. The van der Waals surface area contributed by atoms with Crippen molar-refractivity contribution in [1.29, 1.82) is 0 Å². The number of alkyl halides is 2. The summed E-state index contributed by atoms with van der Waals surface area (Å²) in [5, 5.41) is 9.10. The molecule has 0 atom stereocenters. The second kappa shape index (κ2) is 8.51. The maximum atomic E-state index is 13.8. The fraction of sp³-hybridized carbons (Fsp3) is 0.0870. The van der Waals surface area contributed by atoms with Crippen molar-refractivity contribution < 1.29 is 13.2 Å². The molecule has 3 aromatic carbocycles. The molecule has 0 amide bonds. The van der Waals surface area contributed by atoms with Crippen molar-refractivity contribution in [3.05, 3.63) is 90.5 Å². The van der Waals surface area contributed by atoms with Gasteiger partial charge in [-0.25, -0.2) is 9.37 Å². The summed E-state index contributed by atoms with van der Waals surface area (Å²) in [5.74, 6) is 0.610. The molecule has 0 saturated heterocycles. The predicted octanol–water partition coefficient (Wildman–Crippen LogP) is 6.11. The highest BCUT2D eigenvalue weighted by molar-refractivity contribution is 7.98. The van der Waals surface area contributed by atoms with Crippen LogP contribution in [0.3, 0.4) is 0 Å². The van der Waals surface area contributed by atoms with E-state index in [1.54, 1.807) is 41.0 Å². The molecule has 0 aliphatic heterocycles. The van der Waals surface area contributed by atoms with Gasteiger partial charge in [0.15, 0.2) is 11.0 Å². The minimum absolute atomic E-state index is 0.160. The van der Waals surface area contributed by atoms with E-state index >= 15 is 0 Å². The minimum Gasteiger partial charge on any atom is -0.270 e. The number of nitrogens with zero attached hydrogens (tertiary/aromatic N) is 5. The molecule has 5 rings (SSSR count). The Morgan fingerprint density at radius 1 is 0.844 bits per heavy atom. The molecule has 0 fully saturated rings. The lowest BCUT2D eigenvalue weighted by Gasteiger charge is -2.11. The highest BCUT2D eigenvalue weighted by atomic mass is 32.2. The first-order valence-electron chi connectivity index (χ1n) is 9.75. The summed E-state index contributed by atoms with van der Waals surface area (Å²) >= 11 is 1.24. The molecule has 0 aliphatic carbocycles. The highest BCUT2D eigenvalue weighted by Crippen LogP contribution is 2.32. The summed E-state index contributed by atoms with van der Waals surface area (Å²) in [7, 11) is 0. The first kappa shape index (κ1) is 20.3. The number of thioether (sulfide) groups is 1. The molecule has 2 heterocycles. The maximum absolute atomic E-state index is 13.8. The predicted molar refractivity (Wildman–Crippen MR) is 117 cm³/mol. The van der Waals surface area contributed by atoms with Gasteiger partial charge in [-0.05, 0) is 36.4 Å². The molecule has 0 aliphatic rings. The quantitative estimate of drug-likeness (QED) is 0.292. The Hall–Kier alpha value is -3.59. The highest BCUT2D eigenvalue weighted by Gasteiger charge is 2.20. The molecule has 0 spiro atoms. The van der Waals surface area contributed by atoms with Crippen LogP contribution in [0.25, 0.3) is 28.1 Å². The number of benzene rings is 3. The lowest BCUT2D eigenvalue weighted by Crippen LogP contribution is -2.04. The van der Waals surface area contributed by atoms with E-state index in [0.717, 1.165) is 10.1 Å². The molecular weight excluding hydrogens is 435 g/mol. The van der Waals surface area contributed by atoms with Crippen LogP contribution in [-0.2, 0) is 5.75 Å². The van der Waals surface area contributed by atoms with E-state index < -0.39 is 6.55 Å². The Morgan fingerprint density at radius 3 is 2.31 bits per heavy atom. The monoisotopic (exact) mass is 451 g/mol. The molecule has 160 valence electrons. The zero-order chi connectivity index (χ0) is 22.1. The summed E-state index contributed by atoms with van der Waals surface area (Å²) in [6.45, 7) is -2.71. The van der Waals surface area contributed by atoms with Crippen LogP contribution in [0, 0.1) is 5.82 Å². The van der Waals surface area contributed by atoms with Gasteiger partial charge in [0.1, 0.15) is 11.6 Å². The Labute approximate surface area is 185 Å². The van der Waals surface area contributed by atoms with Crippen molar-refractivity contribution in [1.82, 2.24) is 24.3 Å². The van der Waals surface area contributed by atoms with E-state index in [1.165, 1.54) is 23.9 Å². The van der Waals surface area contributed by atoms with Gasteiger partial charge in [-0.15, -0.1) is 10.2 Å². The van der Waals surface area contributed by atoms with E-state index in [2.05, 4.69) is 15.2 Å². The molecule has 32 heavy (non-hydrogen) atoms. The van der Waals surface area contributed by atoms with Gasteiger partial charge in [-0.1, -0.05) is 54.2 Å². The van der Waals surface area contributed by atoms with E-state index in [1.807, 2.05) is 30.3 Å². The average molecular weight is 451 g/mol. The normalized spacial score (nSPS) is 11.5. The van der Waals surface area contributed by atoms with Crippen molar-refractivity contribution in [2.75, 3.05) is 0 Å². The molecule has 0 saturated carbocycles. The van der Waals surface area contributed by atoms with Gasteiger partial charge in [-0.3, -0.25) is 9.13 Å². The maximum Gasteiger partial charge on any atom is 0.320 e. The van der Waals surface area contributed by atoms with Gasteiger partial charge < -0.3 is 0 Å². The number of hydrogen-bond acceptors (Lipinski definition) is 4. The third-order valence-corrected chi connectivity index (χ3v) is 5.87. The van der Waals surface area contributed by atoms with Crippen LogP contribution < -0.4 is 0 Å². The topological polar surface area (TPSA) is 48.5 Å². The minimum atomic E-state index is -2.71. The van der Waals surface area contributed by atoms with Gasteiger partial charge in [0.05, 0.1) is 16.8 Å². The summed E-state index contributed by atoms with van der Waals surface area (Å²) in [6, 6.07) is 22.2. The number of rotatable bonds is 6. The summed E-state index contributed by atoms with van der Waals surface area (Å²) < 4.78 is 43.8. The SMILES string of the molecule is Fc1ccc(-n2c(SCc3nc4ccccc4n3C(F)F)nnc2-c2ccccc2)cc1. The molecule has 0 radical (unpaired) electrons. The lowest BCUT2D eigenvalue weighted by atomic mass is 10.2. The molecule has 2 aromatic heterocycles. The standard InChI is InChI=1S/C23H16F3N5S/c24-16-10-12-17(13-11-16)30-21(15-6-2-1-3-7-15)28-29-23(30)32-14-20-27-18-8-4-5-9-19(18)31(20)22(25)26/h1-13,22H,14H2. The van der Waals surface area contributed by atoms with Crippen LogP contribution in [0.5, 0.6) is 0 Å². The smallest absolute Gasteiger partial charge is 0.270 e. The number of halogens is 3.